The fourth-order valence-electron chi connectivity index (χ4n) is 3.00. The van der Waals surface area contributed by atoms with Gasteiger partial charge in [-0.1, -0.05) is 42.5 Å². The fraction of sp³-hybridized carbons (Fsp3) is 0.261. The van der Waals surface area contributed by atoms with E-state index in [2.05, 4.69) is 62.4 Å². The Labute approximate surface area is 177 Å². The highest BCUT2D eigenvalue weighted by molar-refractivity contribution is 5.86. The molecule has 0 spiro atoms. The van der Waals surface area contributed by atoms with Crippen molar-refractivity contribution >= 4 is 11.9 Å². The Bertz CT molecular complexity index is 920. The molecule has 0 radical (unpaired) electrons. The minimum absolute atomic E-state index is 0.0527. The Morgan fingerprint density at radius 3 is 2.27 bits per heavy atom. The third-order valence-electron chi connectivity index (χ3n) is 4.63. The summed E-state index contributed by atoms with van der Waals surface area (Å²) in [5.74, 6) is 0.560. The Hall–Kier alpha value is -3.61. The predicted molar refractivity (Wildman–Crippen MR) is 120 cm³/mol. The third kappa shape index (κ3) is 6.77. The van der Waals surface area contributed by atoms with Gasteiger partial charge in [0.1, 0.15) is 0 Å². The molecule has 3 rings (SSSR count). The average molecular weight is 405 g/mol. The maximum Gasteiger partial charge on any atom is 0.239 e. The summed E-state index contributed by atoms with van der Waals surface area (Å²) in [5, 5.41) is 13.4. The third-order valence-corrected chi connectivity index (χ3v) is 4.63. The number of aliphatic imine (C=N–C) groups is 1. The fourth-order valence-corrected chi connectivity index (χ4v) is 3.00. The lowest BCUT2D eigenvalue weighted by atomic mass is 10.1. The van der Waals surface area contributed by atoms with Crippen LogP contribution in [0.25, 0.3) is 5.69 Å². The summed E-state index contributed by atoms with van der Waals surface area (Å²) < 4.78 is 1.83. The van der Waals surface area contributed by atoms with Crippen molar-refractivity contribution in [3.8, 4) is 5.69 Å². The summed E-state index contributed by atoms with van der Waals surface area (Å²) in [7, 11) is 1.70. The van der Waals surface area contributed by atoms with Crippen LogP contribution in [0, 0.1) is 0 Å². The molecule has 2 aromatic carbocycles. The SMILES string of the molecule is CN=C(NCCc1ccc(-n2cccn2)cc1)NCC(=O)NCCc1ccccc1. The van der Waals surface area contributed by atoms with Crippen molar-refractivity contribution in [1.82, 2.24) is 25.7 Å². The highest BCUT2D eigenvalue weighted by atomic mass is 16.1. The zero-order chi connectivity index (χ0) is 21.0. The van der Waals surface area contributed by atoms with E-state index in [1.807, 2.05) is 35.1 Å². The van der Waals surface area contributed by atoms with Crippen molar-refractivity contribution in [3.05, 3.63) is 84.2 Å². The number of amides is 1. The normalized spacial score (nSPS) is 11.2. The first-order chi connectivity index (χ1) is 14.7. The van der Waals surface area contributed by atoms with Gasteiger partial charge >= 0.3 is 0 Å². The standard InChI is InChI=1S/C23H28N6O/c1-24-23(27-18-22(30)25-15-12-19-6-3-2-4-7-19)26-16-13-20-8-10-21(11-9-20)29-17-5-14-28-29/h2-11,14,17H,12-13,15-16,18H2,1H3,(H,25,30)(H2,24,26,27). The van der Waals surface area contributed by atoms with Gasteiger partial charge in [-0.2, -0.15) is 5.10 Å². The molecule has 0 atom stereocenters. The van der Waals surface area contributed by atoms with Gasteiger partial charge in [-0.05, 0) is 42.2 Å². The van der Waals surface area contributed by atoms with Crippen LogP contribution in [0.15, 0.2) is 78.0 Å². The maximum absolute atomic E-state index is 12.0. The van der Waals surface area contributed by atoms with Gasteiger partial charge in [0, 0.05) is 32.5 Å². The van der Waals surface area contributed by atoms with Gasteiger partial charge in [-0.3, -0.25) is 9.79 Å². The van der Waals surface area contributed by atoms with Gasteiger partial charge < -0.3 is 16.0 Å². The molecule has 1 amide bonds. The van der Waals surface area contributed by atoms with Crippen LogP contribution in [0.5, 0.6) is 0 Å². The van der Waals surface area contributed by atoms with Crippen LogP contribution in [0.4, 0.5) is 0 Å². The van der Waals surface area contributed by atoms with Crippen molar-refractivity contribution in [1.29, 1.82) is 0 Å². The molecule has 0 saturated carbocycles. The monoisotopic (exact) mass is 404 g/mol. The van der Waals surface area contributed by atoms with Gasteiger partial charge in [0.2, 0.25) is 5.91 Å². The minimum atomic E-state index is -0.0527. The van der Waals surface area contributed by atoms with E-state index >= 15 is 0 Å². The van der Waals surface area contributed by atoms with Crippen molar-refractivity contribution in [2.24, 2.45) is 4.99 Å². The largest absolute Gasteiger partial charge is 0.356 e. The van der Waals surface area contributed by atoms with Crippen molar-refractivity contribution in [3.63, 3.8) is 0 Å². The van der Waals surface area contributed by atoms with Crippen LogP contribution in [0.1, 0.15) is 11.1 Å². The van der Waals surface area contributed by atoms with Crippen LogP contribution < -0.4 is 16.0 Å². The van der Waals surface area contributed by atoms with E-state index in [4.69, 9.17) is 0 Å². The molecule has 0 saturated heterocycles. The number of carbonyl (C=O) groups is 1. The zero-order valence-corrected chi connectivity index (χ0v) is 17.2. The van der Waals surface area contributed by atoms with Crippen molar-refractivity contribution in [2.75, 3.05) is 26.7 Å². The molecule has 7 nitrogen and oxygen atoms in total. The molecule has 1 heterocycles. The van der Waals surface area contributed by atoms with Gasteiger partial charge in [-0.15, -0.1) is 0 Å². The van der Waals surface area contributed by atoms with Crippen molar-refractivity contribution in [2.45, 2.75) is 12.8 Å². The number of benzene rings is 2. The lowest BCUT2D eigenvalue weighted by molar-refractivity contribution is -0.119. The number of guanidine groups is 1. The van der Waals surface area contributed by atoms with E-state index in [1.54, 1.807) is 13.2 Å². The van der Waals surface area contributed by atoms with E-state index in [0.717, 1.165) is 25.1 Å². The molecule has 3 aromatic rings. The molecule has 0 aliphatic carbocycles. The number of nitrogens with zero attached hydrogens (tertiary/aromatic N) is 3. The molecular formula is C23H28N6O. The van der Waals surface area contributed by atoms with Gasteiger partial charge in [0.15, 0.2) is 5.96 Å². The second-order valence-corrected chi connectivity index (χ2v) is 6.81. The molecule has 3 N–H and O–H groups in total. The van der Waals surface area contributed by atoms with E-state index in [-0.39, 0.29) is 12.5 Å². The lowest BCUT2D eigenvalue weighted by Gasteiger charge is -2.12. The topological polar surface area (TPSA) is 83.3 Å². The molecule has 0 unspecified atom stereocenters. The molecular weight excluding hydrogens is 376 g/mol. The summed E-state index contributed by atoms with van der Waals surface area (Å²) in [6.45, 7) is 1.52. The first-order valence-electron chi connectivity index (χ1n) is 10.1. The van der Waals surface area contributed by atoms with Crippen LogP contribution in [0.3, 0.4) is 0 Å². The molecule has 0 fully saturated rings. The summed E-state index contributed by atoms with van der Waals surface area (Å²) in [6, 6.07) is 20.3. The molecule has 30 heavy (non-hydrogen) atoms. The van der Waals surface area contributed by atoms with Gasteiger partial charge in [0.05, 0.1) is 12.2 Å². The molecule has 0 aliphatic heterocycles. The molecule has 156 valence electrons. The highest BCUT2D eigenvalue weighted by Gasteiger charge is 2.04. The van der Waals surface area contributed by atoms with Crippen LogP contribution in [-0.2, 0) is 17.6 Å². The first kappa shape index (κ1) is 21.1. The number of nitrogens with one attached hydrogen (secondary N) is 3. The second-order valence-electron chi connectivity index (χ2n) is 6.81. The van der Waals surface area contributed by atoms with Crippen molar-refractivity contribution < 1.29 is 4.79 Å². The molecule has 0 bridgehead atoms. The van der Waals surface area contributed by atoms with E-state index in [1.165, 1.54) is 11.1 Å². The van der Waals surface area contributed by atoms with Gasteiger partial charge in [0.25, 0.3) is 0 Å². The first-order valence-corrected chi connectivity index (χ1v) is 10.1. The molecule has 7 heteroatoms. The Morgan fingerprint density at radius 2 is 1.60 bits per heavy atom. The van der Waals surface area contributed by atoms with Crippen LogP contribution in [-0.4, -0.2) is 48.3 Å². The quantitative estimate of drug-likeness (QED) is 0.376. The Balaban J connectivity index is 1.33. The maximum atomic E-state index is 12.0. The lowest BCUT2D eigenvalue weighted by Crippen LogP contribution is -2.44. The number of hydrogen-bond acceptors (Lipinski definition) is 3. The zero-order valence-electron chi connectivity index (χ0n) is 17.2. The van der Waals surface area contributed by atoms with Gasteiger partial charge in [-0.25, -0.2) is 4.68 Å². The molecule has 0 aliphatic rings. The summed E-state index contributed by atoms with van der Waals surface area (Å²) in [5.41, 5.74) is 3.46. The number of carbonyl (C=O) groups excluding carboxylic acids is 1. The number of hydrogen-bond donors (Lipinski definition) is 3. The van der Waals surface area contributed by atoms with E-state index in [0.29, 0.717) is 12.5 Å². The number of rotatable bonds is 9. The summed E-state index contributed by atoms with van der Waals surface area (Å²) in [6.07, 6.45) is 5.35. The van der Waals surface area contributed by atoms with E-state index in [9.17, 15) is 4.79 Å². The van der Waals surface area contributed by atoms with Crippen LogP contribution in [0.2, 0.25) is 0 Å². The van der Waals surface area contributed by atoms with E-state index < -0.39 is 0 Å². The number of aromatic nitrogens is 2. The second kappa shape index (κ2) is 11.4. The summed E-state index contributed by atoms with van der Waals surface area (Å²) >= 11 is 0. The molecule has 1 aromatic heterocycles. The Kier molecular flexibility index (Phi) is 8.02. The Morgan fingerprint density at radius 1 is 0.900 bits per heavy atom. The highest BCUT2D eigenvalue weighted by Crippen LogP contribution is 2.08. The smallest absolute Gasteiger partial charge is 0.239 e. The average Bonchev–Trinajstić information content (AvgIpc) is 3.32. The minimum Gasteiger partial charge on any atom is -0.356 e. The van der Waals surface area contributed by atoms with Crippen LogP contribution >= 0.6 is 0 Å². The predicted octanol–water partition coefficient (Wildman–Crippen LogP) is 1.94. The summed E-state index contributed by atoms with van der Waals surface area (Å²) in [4.78, 5) is 16.2.